The van der Waals surface area contributed by atoms with Gasteiger partial charge in [-0.25, -0.2) is 0 Å². The second kappa shape index (κ2) is 5.61. The van der Waals surface area contributed by atoms with E-state index in [9.17, 15) is 14.9 Å². The fourth-order valence-electron chi connectivity index (χ4n) is 2.23. The molecule has 1 aliphatic rings. The molecule has 102 valence electrons. The third kappa shape index (κ3) is 3.07. The maximum absolute atomic E-state index is 11.7. The summed E-state index contributed by atoms with van der Waals surface area (Å²) in [7, 11) is 0. The molecule has 1 unspecified atom stereocenters. The molecule has 1 aliphatic heterocycles. The van der Waals surface area contributed by atoms with E-state index in [4.69, 9.17) is 0 Å². The number of carbonyl (C=O) groups is 1. The average Bonchev–Trinajstić information content (AvgIpc) is 2.37. The van der Waals surface area contributed by atoms with Crippen molar-refractivity contribution in [3.8, 4) is 0 Å². The van der Waals surface area contributed by atoms with Gasteiger partial charge in [0.05, 0.1) is 4.92 Å². The van der Waals surface area contributed by atoms with Crippen LogP contribution in [-0.4, -0.2) is 34.8 Å². The van der Waals surface area contributed by atoms with Crippen LogP contribution < -0.4 is 4.90 Å². The first-order chi connectivity index (χ1) is 8.99. The molecule has 1 aromatic carbocycles. The lowest BCUT2D eigenvalue weighted by Crippen LogP contribution is -2.37. The summed E-state index contributed by atoms with van der Waals surface area (Å²) >= 11 is 1.90. The lowest BCUT2D eigenvalue weighted by molar-refractivity contribution is -0.384. The van der Waals surface area contributed by atoms with Gasteiger partial charge in [-0.15, -0.1) is 0 Å². The maximum Gasteiger partial charge on any atom is 0.270 e. The van der Waals surface area contributed by atoms with Gasteiger partial charge in [0, 0.05) is 47.5 Å². The SMILES string of the molecule is CC(=O)c1cc([N+](=O)[O-])ccc1N1CCSC(C)C1. The van der Waals surface area contributed by atoms with Crippen molar-refractivity contribution >= 4 is 28.9 Å². The molecule has 1 heterocycles. The summed E-state index contributed by atoms with van der Waals surface area (Å²) in [6, 6.07) is 4.54. The standard InChI is InChI=1S/C13H16N2O3S/c1-9-8-14(5-6-19-9)13-4-3-11(15(17)18)7-12(13)10(2)16/h3-4,7,9H,5-6,8H2,1-2H3. The summed E-state index contributed by atoms with van der Waals surface area (Å²) in [6.07, 6.45) is 0. The van der Waals surface area contributed by atoms with Gasteiger partial charge in [0.2, 0.25) is 0 Å². The van der Waals surface area contributed by atoms with Crippen LogP contribution >= 0.6 is 11.8 Å². The summed E-state index contributed by atoms with van der Waals surface area (Å²) in [5.74, 6) is 0.875. The highest BCUT2D eigenvalue weighted by Crippen LogP contribution is 2.29. The Balaban J connectivity index is 2.38. The van der Waals surface area contributed by atoms with Crippen molar-refractivity contribution in [2.45, 2.75) is 19.1 Å². The van der Waals surface area contributed by atoms with Crippen LogP contribution in [0.5, 0.6) is 0 Å². The number of carbonyl (C=O) groups excluding carboxylic acids is 1. The Hall–Kier alpha value is -1.56. The smallest absolute Gasteiger partial charge is 0.270 e. The van der Waals surface area contributed by atoms with Gasteiger partial charge < -0.3 is 4.90 Å². The first kappa shape index (κ1) is 13.9. The first-order valence-electron chi connectivity index (χ1n) is 6.15. The molecule has 0 aromatic heterocycles. The van der Waals surface area contributed by atoms with Gasteiger partial charge in [-0.2, -0.15) is 11.8 Å². The van der Waals surface area contributed by atoms with Crippen molar-refractivity contribution in [2.75, 3.05) is 23.7 Å². The molecule has 1 fully saturated rings. The number of thioether (sulfide) groups is 1. The van der Waals surface area contributed by atoms with Crippen molar-refractivity contribution in [3.05, 3.63) is 33.9 Å². The van der Waals surface area contributed by atoms with Crippen LogP contribution in [0.15, 0.2) is 18.2 Å². The summed E-state index contributed by atoms with van der Waals surface area (Å²) in [5.41, 5.74) is 1.21. The maximum atomic E-state index is 11.7. The van der Waals surface area contributed by atoms with E-state index >= 15 is 0 Å². The zero-order valence-electron chi connectivity index (χ0n) is 11.0. The average molecular weight is 280 g/mol. The third-order valence-corrected chi connectivity index (χ3v) is 4.29. The van der Waals surface area contributed by atoms with E-state index in [0.29, 0.717) is 10.8 Å². The Morgan fingerprint density at radius 1 is 1.53 bits per heavy atom. The second-order valence-electron chi connectivity index (χ2n) is 4.64. The molecule has 1 saturated heterocycles. The van der Waals surface area contributed by atoms with Gasteiger partial charge in [-0.3, -0.25) is 14.9 Å². The summed E-state index contributed by atoms with van der Waals surface area (Å²) in [6.45, 7) is 5.33. The molecular formula is C13H16N2O3S. The van der Waals surface area contributed by atoms with E-state index in [2.05, 4.69) is 11.8 Å². The van der Waals surface area contributed by atoms with Gasteiger partial charge >= 0.3 is 0 Å². The van der Waals surface area contributed by atoms with Crippen molar-refractivity contribution in [1.82, 2.24) is 0 Å². The van der Waals surface area contributed by atoms with Crippen LogP contribution in [0.3, 0.4) is 0 Å². The number of anilines is 1. The van der Waals surface area contributed by atoms with Gasteiger partial charge in [0.15, 0.2) is 5.78 Å². The molecule has 6 heteroatoms. The number of nitrogens with zero attached hydrogens (tertiary/aromatic N) is 2. The molecule has 0 saturated carbocycles. The molecule has 0 amide bonds. The highest BCUT2D eigenvalue weighted by Gasteiger charge is 2.22. The molecule has 1 atom stereocenters. The number of nitro groups is 1. The van der Waals surface area contributed by atoms with Crippen LogP contribution in [0.25, 0.3) is 0 Å². The Bertz CT molecular complexity index is 519. The molecule has 0 spiro atoms. The highest BCUT2D eigenvalue weighted by atomic mass is 32.2. The van der Waals surface area contributed by atoms with Gasteiger partial charge in [-0.05, 0) is 13.0 Å². The first-order valence-corrected chi connectivity index (χ1v) is 7.20. The van der Waals surface area contributed by atoms with Crippen molar-refractivity contribution < 1.29 is 9.72 Å². The number of non-ortho nitro benzene ring substituents is 1. The topological polar surface area (TPSA) is 63.4 Å². The van der Waals surface area contributed by atoms with Crippen molar-refractivity contribution in [1.29, 1.82) is 0 Å². The van der Waals surface area contributed by atoms with Crippen molar-refractivity contribution in [2.24, 2.45) is 0 Å². The molecular weight excluding hydrogens is 264 g/mol. The van der Waals surface area contributed by atoms with E-state index in [1.165, 1.54) is 19.1 Å². The number of hydrogen-bond acceptors (Lipinski definition) is 5. The van der Waals surface area contributed by atoms with Gasteiger partial charge in [-0.1, -0.05) is 6.92 Å². The highest BCUT2D eigenvalue weighted by molar-refractivity contribution is 8.00. The minimum atomic E-state index is -0.467. The van der Waals surface area contributed by atoms with Gasteiger partial charge in [0.1, 0.15) is 0 Å². The third-order valence-electron chi connectivity index (χ3n) is 3.15. The van der Waals surface area contributed by atoms with E-state index in [1.54, 1.807) is 6.07 Å². The largest absolute Gasteiger partial charge is 0.369 e. The Labute approximate surface area is 116 Å². The molecule has 0 aliphatic carbocycles. The molecule has 0 N–H and O–H groups in total. The zero-order chi connectivity index (χ0) is 14.0. The quantitative estimate of drug-likeness (QED) is 0.484. The zero-order valence-corrected chi connectivity index (χ0v) is 11.8. The Morgan fingerprint density at radius 3 is 2.84 bits per heavy atom. The summed E-state index contributed by atoms with van der Waals surface area (Å²) in [4.78, 5) is 24.2. The number of nitro benzene ring substituents is 1. The predicted molar refractivity (Wildman–Crippen MR) is 77.2 cm³/mol. The molecule has 1 aromatic rings. The predicted octanol–water partition coefficient (Wildman–Crippen LogP) is 2.74. The Morgan fingerprint density at radius 2 is 2.26 bits per heavy atom. The Kier molecular flexibility index (Phi) is 4.09. The number of ketones is 1. The lowest BCUT2D eigenvalue weighted by Gasteiger charge is -2.33. The molecule has 5 nitrogen and oxygen atoms in total. The minimum absolute atomic E-state index is 0.0339. The molecule has 19 heavy (non-hydrogen) atoms. The van der Waals surface area contributed by atoms with E-state index < -0.39 is 4.92 Å². The van der Waals surface area contributed by atoms with Crippen LogP contribution in [0.4, 0.5) is 11.4 Å². The van der Waals surface area contributed by atoms with E-state index in [0.717, 1.165) is 24.5 Å². The van der Waals surface area contributed by atoms with Crippen molar-refractivity contribution in [3.63, 3.8) is 0 Å². The number of hydrogen-bond donors (Lipinski definition) is 0. The number of Topliss-reactive ketones (excluding diaryl/α,β-unsaturated/α-hetero) is 1. The lowest BCUT2D eigenvalue weighted by atomic mass is 10.1. The van der Waals surface area contributed by atoms with Crippen LogP contribution in [0, 0.1) is 10.1 Å². The fraction of sp³-hybridized carbons (Fsp3) is 0.462. The normalized spacial score (nSPS) is 19.3. The molecule has 2 rings (SSSR count). The second-order valence-corrected chi connectivity index (χ2v) is 6.19. The minimum Gasteiger partial charge on any atom is -0.369 e. The summed E-state index contributed by atoms with van der Waals surface area (Å²) < 4.78 is 0. The van der Waals surface area contributed by atoms with Crippen LogP contribution in [0.1, 0.15) is 24.2 Å². The van der Waals surface area contributed by atoms with E-state index in [-0.39, 0.29) is 11.5 Å². The number of rotatable bonds is 3. The summed E-state index contributed by atoms with van der Waals surface area (Å²) in [5, 5.41) is 11.3. The fourth-order valence-corrected chi connectivity index (χ4v) is 3.25. The monoisotopic (exact) mass is 280 g/mol. The van der Waals surface area contributed by atoms with E-state index in [1.807, 2.05) is 11.8 Å². The van der Waals surface area contributed by atoms with Crippen LogP contribution in [0.2, 0.25) is 0 Å². The van der Waals surface area contributed by atoms with Gasteiger partial charge in [0.25, 0.3) is 5.69 Å². The van der Waals surface area contributed by atoms with Crippen LogP contribution in [-0.2, 0) is 0 Å². The molecule has 0 radical (unpaired) electrons. The number of benzene rings is 1. The molecule has 0 bridgehead atoms.